The van der Waals surface area contributed by atoms with E-state index in [2.05, 4.69) is 16.0 Å². The molecule has 6 rings (SSSR count). The zero-order valence-corrected chi connectivity index (χ0v) is 33.9. The predicted molar refractivity (Wildman–Crippen MR) is 220 cm³/mol. The molecule has 4 aromatic rings. The number of nitrogens with zero attached hydrogens (tertiary/aromatic N) is 2. The second-order valence-corrected chi connectivity index (χ2v) is 15.7. The molecule has 5 amide bonds. The van der Waals surface area contributed by atoms with Gasteiger partial charge in [-0.15, -0.1) is 0 Å². The number of benzene rings is 2. The van der Waals surface area contributed by atoms with E-state index < -0.39 is 54.1 Å². The van der Waals surface area contributed by atoms with Crippen molar-refractivity contribution in [3.05, 3.63) is 120 Å². The molecule has 2 aromatic carbocycles. The van der Waals surface area contributed by atoms with Crippen LogP contribution in [-0.4, -0.2) is 116 Å². The number of furan rings is 2. The summed E-state index contributed by atoms with van der Waals surface area (Å²) in [7, 11) is 0. The van der Waals surface area contributed by atoms with Crippen LogP contribution in [0.4, 0.5) is 0 Å². The van der Waals surface area contributed by atoms with E-state index in [1.165, 1.54) is 22.3 Å². The minimum absolute atomic E-state index is 0.00720. The maximum Gasteiger partial charge on any atom is 0.255 e. The second-order valence-electron chi connectivity index (χ2n) is 15.7. The fraction of sp³-hybridized carbons (Fsp3) is 0.444. The number of hydrogen-bond acceptors (Lipinski definition) is 11. The van der Waals surface area contributed by atoms with Crippen LogP contribution in [0.1, 0.15) is 72.7 Å². The summed E-state index contributed by atoms with van der Waals surface area (Å²) in [4.78, 5) is 69.3. The van der Waals surface area contributed by atoms with Crippen molar-refractivity contribution in [2.24, 2.45) is 0 Å². The first-order valence-electron chi connectivity index (χ1n) is 20.8. The molecular weight excluding hydrogens is 787 g/mol. The fourth-order valence-electron chi connectivity index (χ4n) is 7.90. The Kier molecular flexibility index (Phi) is 15.9. The van der Waals surface area contributed by atoms with Crippen molar-refractivity contribution in [3.8, 4) is 0 Å². The van der Waals surface area contributed by atoms with Gasteiger partial charge in [-0.2, -0.15) is 0 Å². The Balaban J connectivity index is 1.13. The van der Waals surface area contributed by atoms with Crippen molar-refractivity contribution >= 4 is 29.5 Å². The highest BCUT2D eigenvalue weighted by Gasteiger charge is 2.45. The number of hydrogen-bond donors (Lipinski definition) is 7. The van der Waals surface area contributed by atoms with Gasteiger partial charge in [-0.3, -0.25) is 24.0 Å². The summed E-state index contributed by atoms with van der Waals surface area (Å²) in [5.74, 6) is -3.14. The molecule has 16 heteroatoms. The van der Waals surface area contributed by atoms with Gasteiger partial charge in [-0.05, 0) is 60.2 Å². The molecule has 0 bridgehead atoms. The molecule has 2 unspecified atom stereocenters. The topological polar surface area (TPSA) is 235 Å². The van der Waals surface area contributed by atoms with E-state index in [1.54, 1.807) is 48.5 Å². The Bertz CT molecular complexity index is 2020. The number of amides is 5. The van der Waals surface area contributed by atoms with Gasteiger partial charge in [0, 0.05) is 57.5 Å². The number of rotatable bonds is 19. The lowest BCUT2D eigenvalue weighted by Gasteiger charge is -2.30. The van der Waals surface area contributed by atoms with E-state index in [-0.39, 0.29) is 57.0 Å². The lowest BCUT2D eigenvalue weighted by atomic mass is 9.93. The fourth-order valence-corrected chi connectivity index (χ4v) is 7.90. The summed E-state index contributed by atoms with van der Waals surface area (Å²) in [6.07, 6.45) is 0.296. The van der Waals surface area contributed by atoms with Crippen molar-refractivity contribution in [2.45, 2.75) is 107 Å². The largest absolute Gasteiger partial charge is 0.469 e. The van der Waals surface area contributed by atoms with Crippen molar-refractivity contribution in [1.29, 1.82) is 0 Å². The van der Waals surface area contributed by atoms with Crippen LogP contribution in [0, 0.1) is 0 Å². The van der Waals surface area contributed by atoms with E-state index in [0.717, 1.165) is 43.2 Å². The Morgan fingerprint density at radius 2 is 1.23 bits per heavy atom. The van der Waals surface area contributed by atoms with Crippen molar-refractivity contribution < 1.29 is 53.2 Å². The van der Waals surface area contributed by atoms with Crippen LogP contribution < -0.4 is 16.0 Å². The Morgan fingerprint density at radius 1 is 0.672 bits per heavy atom. The molecule has 1 aliphatic carbocycles. The first kappa shape index (κ1) is 44.7. The first-order valence-corrected chi connectivity index (χ1v) is 20.8. The molecule has 2 aromatic heterocycles. The molecule has 326 valence electrons. The van der Waals surface area contributed by atoms with Gasteiger partial charge in [0.05, 0.1) is 12.5 Å². The lowest BCUT2D eigenvalue weighted by molar-refractivity contribution is -0.155. The van der Waals surface area contributed by atoms with Gasteiger partial charge in [0.2, 0.25) is 5.91 Å². The first-order chi connectivity index (χ1) is 29.5. The smallest absolute Gasteiger partial charge is 0.255 e. The highest BCUT2D eigenvalue weighted by molar-refractivity contribution is 5.94. The Hall–Kier alpha value is -5.81. The monoisotopic (exact) mass is 841 g/mol. The molecule has 6 atom stereocenters. The van der Waals surface area contributed by atoms with Crippen molar-refractivity contribution in [3.63, 3.8) is 0 Å². The normalized spacial score (nSPS) is 18.7. The average Bonchev–Trinajstić information content (AvgIpc) is 4.09. The average molecular weight is 842 g/mol. The summed E-state index contributed by atoms with van der Waals surface area (Å²) in [6, 6.07) is 22.1. The quantitative estimate of drug-likeness (QED) is 0.0718. The number of carbonyl (C=O) groups excluding carboxylic acids is 5. The van der Waals surface area contributed by atoms with Crippen LogP contribution in [0.2, 0.25) is 0 Å². The zero-order chi connectivity index (χ0) is 43.3. The van der Waals surface area contributed by atoms with E-state index in [9.17, 15) is 44.4 Å². The number of likely N-dealkylation sites (tertiary alicyclic amines) is 1. The molecule has 1 saturated carbocycles. The van der Waals surface area contributed by atoms with Gasteiger partial charge in [0.15, 0.2) is 24.4 Å². The van der Waals surface area contributed by atoms with E-state index in [4.69, 9.17) is 8.83 Å². The molecule has 2 aliphatic rings. The molecule has 0 radical (unpaired) electrons. The highest BCUT2D eigenvalue weighted by atomic mass is 16.4. The third kappa shape index (κ3) is 12.2. The molecule has 0 spiro atoms. The molecule has 16 nitrogen and oxygen atoms in total. The second kappa shape index (κ2) is 21.6. The van der Waals surface area contributed by atoms with Gasteiger partial charge >= 0.3 is 0 Å². The van der Waals surface area contributed by atoms with Crippen LogP contribution in [0.25, 0.3) is 0 Å². The van der Waals surface area contributed by atoms with E-state index in [0.29, 0.717) is 29.9 Å². The molecule has 1 aliphatic heterocycles. The summed E-state index contributed by atoms with van der Waals surface area (Å²) in [6.45, 7) is 0.323. The molecule has 3 heterocycles. The van der Waals surface area contributed by atoms with Crippen LogP contribution in [0.3, 0.4) is 0 Å². The number of aliphatic hydroxyl groups excluding tert-OH is 4. The zero-order valence-electron chi connectivity index (χ0n) is 33.9. The summed E-state index contributed by atoms with van der Waals surface area (Å²) >= 11 is 0. The SMILES string of the molecule is O=C(NCCc1ccco1)C(O)[C@@H](O)C(=O)N1CC(c2ccc(CN(Cc3ccccc3)C(=O)[C@H](O)[C@@H](O)C(=O)NCCc3ccco3)cc2)C[C@H]1C(=O)NC1CCCCC1. The molecular formula is C45H55N5O11. The lowest BCUT2D eigenvalue weighted by Crippen LogP contribution is -2.55. The van der Waals surface area contributed by atoms with Gasteiger partial charge < -0.3 is 55.0 Å². The van der Waals surface area contributed by atoms with E-state index in [1.807, 2.05) is 30.3 Å². The predicted octanol–water partition coefficient (Wildman–Crippen LogP) is 1.70. The van der Waals surface area contributed by atoms with Crippen LogP contribution in [0.5, 0.6) is 0 Å². The van der Waals surface area contributed by atoms with Crippen LogP contribution in [-0.2, 0) is 49.9 Å². The molecule has 7 N–H and O–H groups in total. The number of carbonyl (C=O) groups is 5. The minimum atomic E-state index is -2.12. The summed E-state index contributed by atoms with van der Waals surface area (Å²) in [5.41, 5.74) is 2.18. The molecule has 61 heavy (non-hydrogen) atoms. The van der Waals surface area contributed by atoms with Gasteiger partial charge in [0.1, 0.15) is 17.6 Å². The van der Waals surface area contributed by atoms with Crippen molar-refractivity contribution in [2.75, 3.05) is 19.6 Å². The third-order valence-corrected chi connectivity index (χ3v) is 11.3. The Morgan fingerprint density at radius 3 is 1.79 bits per heavy atom. The van der Waals surface area contributed by atoms with Gasteiger partial charge in [0.25, 0.3) is 23.6 Å². The molecule has 2 fully saturated rings. The number of nitrogens with one attached hydrogen (secondary N) is 3. The van der Waals surface area contributed by atoms with Gasteiger partial charge in [-0.25, -0.2) is 0 Å². The minimum Gasteiger partial charge on any atom is -0.469 e. The maximum absolute atomic E-state index is 13.8. The molecule has 1 saturated heterocycles. The van der Waals surface area contributed by atoms with Crippen LogP contribution in [0.15, 0.2) is 100 Å². The standard InChI is InChI=1S/C45H55N5O11/c51-37(42(56)46-21-19-34-13-7-23-60-34)39(53)44(58)49(26-29-9-3-1-4-10-29)27-30-15-17-31(18-16-30)32-25-36(41(55)48-33-11-5-2-6-12-33)50(28-32)45(59)40(54)38(52)43(57)47-22-20-35-14-8-24-61-35/h1,3-4,7-10,13-18,23-24,32-33,36-40,51-54H,2,5-6,11-12,19-22,25-28H2,(H,46,56)(H,47,57)(H,48,55)/t32?,36-,37+,38?,39+,40+/m0/s1. The Labute approximate surface area is 353 Å². The van der Waals surface area contributed by atoms with Gasteiger partial charge in [-0.1, -0.05) is 73.9 Å². The highest BCUT2D eigenvalue weighted by Crippen LogP contribution is 2.34. The maximum atomic E-state index is 13.8. The third-order valence-electron chi connectivity index (χ3n) is 11.3. The number of aliphatic hydroxyl groups is 4. The summed E-state index contributed by atoms with van der Waals surface area (Å²) < 4.78 is 10.5. The summed E-state index contributed by atoms with van der Waals surface area (Å²) in [5, 5.41) is 51.4. The van der Waals surface area contributed by atoms with Crippen LogP contribution >= 0.6 is 0 Å². The van der Waals surface area contributed by atoms with Crippen molar-refractivity contribution in [1.82, 2.24) is 25.8 Å². The van der Waals surface area contributed by atoms with E-state index >= 15 is 0 Å².